The highest BCUT2D eigenvalue weighted by Gasteiger charge is 2.51. The largest absolute Gasteiger partial charge is 0.394 e. The Kier molecular flexibility index (Phi) is 54.8. The Morgan fingerprint density at radius 3 is 1.15 bits per heavy atom. The molecule has 0 bridgehead atoms. The zero-order valence-electron chi connectivity index (χ0n) is 56.2. The summed E-state index contributed by atoms with van der Waals surface area (Å²) in [6.45, 7) is 2.83. The summed E-state index contributed by atoms with van der Waals surface area (Å²) in [5.41, 5.74) is 0. The highest BCUT2D eigenvalue weighted by Crippen LogP contribution is 2.30. The van der Waals surface area contributed by atoms with E-state index in [-0.39, 0.29) is 18.9 Å². The van der Waals surface area contributed by atoms with Gasteiger partial charge in [-0.25, -0.2) is 0 Å². The van der Waals surface area contributed by atoms with Gasteiger partial charge in [0.15, 0.2) is 12.6 Å². The van der Waals surface area contributed by atoms with Crippen LogP contribution in [0.3, 0.4) is 0 Å². The van der Waals surface area contributed by atoms with E-state index in [9.17, 15) is 45.6 Å². The number of carbonyl (C=O) groups is 1. The minimum Gasteiger partial charge on any atom is -0.394 e. The van der Waals surface area contributed by atoms with E-state index in [1.165, 1.54) is 238 Å². The molecule has 1 amide bonds. The van der Waals surface area contributed by atoms with Crippen molar-refractivity contribution < 1.29 is 64.6 Å². The molecule has 0 aromatic rings. The Bertz CT molecular complexity index is 1660. The van der Waals surface area contributed by atoms with Crippen molar-refractivity contribution in [3.63, 3.8) is 0 Å². The lowest BCUT2D eigenvalue weighted by atomic mass is 9.97. The molecule has 0 aromatic carbocycles. The SMILES string of the molecule is CCCCCCC/C=C\C/C=C\C/C=C\CCCCCCCCCCC(=O)NC(COC1OC(CO)C(OC2OC(CO)C(O)C(O)C2O)C(O)C1O)C(O)/C=C/CCCCCCCCCCCCCCCCCCCCCCCCCCCCCCC. The van der Waals surface area contributed by atoms with Crippen molar-refractivity contribution in [2.45, 2.75) is 396 Å². The van der Waals surface area contributed by atoms with Gasteiger partial charge in [0.2, 0.25) is 5.91 Å². The third-order valence-electron chi connectivity index (χ3n) is 18.0. The smallest absolute Gasteiger partial charge is 0.220 e. The van der Waals surface area contributed by atoms with Crippen molar-refractivity contribution in [2.24, 2.45) is 0 Å². The van der Waals surface area contributed by atoms with Crippen LogP contribution >= 0.6 is 0 Å². The van der Waals surface area contributed by atoms with Gasteiger partial charge in [0.1, 0.15) is 48.8 Å². The van der Waals surface area contributed by atoms with Crippen molar-refractivity contribution in [1.29, 1.82) is 0 Å². The first kappa shape index (κ1) is 82.0. The highest BCUT2D eigenvalue weighted by molar-refractivity contribution is 5.76. The second-order valence-electron chi connectivity index (χ2n) is 26.1. The van der Waals surface area contributed by atoms with Crippen LogP contribution in [0.25, 0.3) is 0 Å². The molecule has 2 aliphatic heterocycles. The first-order valence-corrected chi connectivity index (χ1v) is 36.9. The first-order valence-electron chi connectivity index (χ1n) is 36.9. The van der Waals surface area contributed by atoms with Crippen molar-refractivity contribution in [2.75, 3.05) is 19.8 Å². The second-order valence-corrected chi connectivity index (χ2v) is 26.1. The monoisotopic (exact) mass is 1250 g/mol. The molecule has 88 heavy (non-hydrogen) atoms. The molecular formula is C74H137NO13. The van der Waals surface area contributed by atoms with Crippen molar-refractivity contribution in [3.8, 4) is 0 Å². The molecule has 2 rings (SSSR count). The molecule has 516 valence electrons. The van der Waals surface area contributed by atoms with Crippen LogP contribution in [0.1, 0.15) is 322 Å². The van der Waals surface area contributed by atoms with E-state index in [1.807, 2.05) is 6.08 Å². The molecule has 14 nitrogen and oxygen atoms in total. The Morgan fingerprint density at radius 2 is 0.750 bits per heavy atom. The number of allylic oxidation sites excluding steroid dienone is 7. The third-order valence-corrected chi connectivity index (χ3v) is 18.0. The van der Waals surface area contributed by atoms with Gasteiger partial charge < -0.3 is 65.1 Å². The van der Waals surface area contributed by atoms with Crippen LogP contribution in [0.15, 0.2) is 48.6 Å². The topological polar surface area (TPSA) is 228 Å². The molecule has 0 aliphatic carbocycles. The van der Waals surface area contributed by atoms with Gasteiger partial charge in [0.05, 0.1) is 32.0 Å². The molecule has 12 atom stereocenters. The number of hydrogen-bond acceptors (Lipinski definition) is 13. The maximum absolute atomic E-state index is 13.3. The van der Waals surface area contributed by atoms with Crippen LogP contribution in [-0.4, -0.2) is 140 Å². The summed E-state index contributed by atoms with van der Waals surface area (Å²) in [6, 6.07) is -0.922. The van der Waals surface area contributed by atoms with Gasteiger partial charge in [-0.3, -0.25) is 4.79 Å². The minimum atomic E-state index is -1.79. The molecule has 2 saturated heterocycles. The van der Waals surface area contributed by atoms with E-state index in [0.717, 1.165) is 57.8 Å². The summed E-state index contributed by atoms with van der Waals surface area (Å²) in [4.78, 5) is 13.3. The van der Waals surface area contributed by atoms with Crippen molar-refractivity contribution in [3.05, 3.63) is 48.6 Å². The van der Waals surface area contributed by atoms with Crippen molar-refractivity contribution in [1.82, 2.24) is 5.32 Å². The lowest BCUT2D eigenvalue weighted by Gasteiger charge is -2.46. The maximum atomic E-state index is 13.3. The van der Waals surface area contributed by atoms with Gasteiger partial charge in [-0.2, -0.15) is 0 Å². The maximum Gasteiger partial charge on any atom is 0.220 e. The van der Waals surface area contributed by atoms with E-state index in [4.69, 9.17) is 18.9 Å². The Hall–Kier alpha value is -2.05. The average molecular weight is 1250 g/mol. The Morgan fingerprint density at radius 1 is 0.409 bits per heavy atom. The molecular weight excluding hydrogens is 1110 g/mol. The Labute approximate surface area is 537 Å². The van der Waals surface area contributed by atoms with E-state index < -0.39 is 86.8 Å². The molecule has 12 unspecified atom stereocenters. The Balaban J connectivity index is 1.66. The predicted octanol–water partition coefficient (Wildman–Crippen LogP) is 15.5. The summed E-state index contributed by atoms with van der Waals surface area (Å²) in [6.07, 6.45) is 60.3. The number of hydrogen-bond donors (Lipinski definition) is 9. The third kappa shape index (κ3) is 42.2. The van der Waals surface area contributed by atoms with E-state index in [2.05, 4.69) is 55.6 Å². The molecule has 0 aromatic heterocycles. The first-order chi connectivity index (χ1) is 43.1. The van der Waals surface area contributed by atoms with Crippen LogP contribution in [0.5, 0.6) is 0 Å². The molecule has 0 saturated carbocycles. The van der Waals surface area contributed by atoms with Gasteiger partial charge in [0.25, 0.3) is 0 Å². The number of aliphatic hydroxyl groups is 8. The van der Waals surface area contributed by atoms with Gasteiger partial charge in [-0.1, -0.05) is 306 Å². The molecule has 14 heteroatoms. The fraction of sp³-hybridized carbons (Fsp3) is 0.878. The van der Waals surface area contributed by atoms with Crippen LogP contribution in [0.4, 0.5) is 0 Å². The number of carbonyl (C=O) groups excluding carboxylic acids is 1. The van der Waals surface area contributed by atoms with Gasteiger partial charge in [0, 0.05) is 6.42 Å². The standard InChI is InChI=1S/C74H137NO13/c1-3-5-7-9-11-13-15-17-19-21-23-25-27-28-29-30-31-32-33-34-36-37-39-41-43-45-47-49-51-53-55-57-63(78)62(61-85-73-71(84)69(82)72(65(60-77)87-73)88-74-70(83)68(81)67(80)64(59-76)86-74)75-66(79)58-56-54-52-50-48-46-44-42-40-38-35-26-24-22-20-18-16-14-12-10-8-6-4-2/h16,18,22,24,35,38,55,57,62-65,67-74,76-78,80-84H,3-15,17,19-21,23,25-34,36-37,39-54,56,58-61H2,1-2H3,(H,75,79)/b18-16-,24-22-,38-35-,57-55+. The molecule has 9 N–H and O–H groups in total. The fourth-order valence-electron chi connectivity index (χ4n) is 12.1. The van der Waals surface area contributed by atoms with Gasteiger partial charge >= 0.3 is 0 Å². The van der Waals surface area contributed by atoms with E-state index in [0.29, 0.717) is 6.42 Å². The summed E-state index contributed by atoms with van der Waals surface area (Å²) >= 11 is 0. The average Bonchev–Trinajstić information content (AvgIpc) is 1.78. The van der Waals surface area contributed by atoms with Gasteiger partial charge in [-0.15, -0.1) is 0 Å². The number of aliphatic hydroxyl groups excluding tert-OH is 8. The summed E-state index contributed by atoms with van der Waals surface area (Å²) in [5.74, 6) is -0.243. The molecule has 2 fully saturated rings. The summed E-state index contributed by atoms with van der Waals surface area (Å²) in [5, 5.41) is 87.5. The predicted molar refractivity (Wildman–Crippen MR) is 360 cm³/mol. The molecule has 0 spiro atoms. The van der Waals surface area contributed by atoms with Crippen LogP contribution in [0.2, 0.25) is 0 Å². The van der Waals surface area contributed by atoms with Crippen LogP contribution in [0, 0.1) is 0 Å². The normalized spacial score (nSPS) is 23.4. The number of unbranched alkanes of at least 4 members (excludes halogenated alkanes) is 42. The second kappa shape index (κ2) is 58.7. The van der Waals surface area contributed by atoms with Crippen molar-refractivity contribution >= 4 is 5.91 Å². The molecule has 2 aliphatic rings. The molecule has 2 heterocycles. The minimum absolute atomic E-state index is 0.243. The number of amides is 1. The zero-order chi connectivity index (χ0) is 63.8. The van der Waals surface area contributed by atoms with Gasteiger partial charge in [-0.05, 0) is 57.8 Å². The lowest BCUT2D eigenvalue weighted by Crippen LogP contribution is -2.65. The lowest BCUT2D eigenvalue weighted by molar-refractivity contribution is -0.359. The fourth-order valence-corrected chi connectivity index (χ4v) is 12.1. The van der Waals surface area contributed by atoms with E-state index in [1.54, 1.807) is 6.08 Å². The summed E-state index contributed by atoms with van der Waals surface area (Å²) < 4.78 is 22.9. The van der Waals surface area contributed by atoms with E-state index >= 15 is 0 Å². The quantitative estimate of drug-likeness (QED) is 0.0204. The number of nitrogens with one attached hydrogen (secondary N) is 1. The molecule has 0 radical (unpaired) electrons. The number of ether oxygens (including phenoxy) is 4. The highest BCUT2D eigenvalue weighted by atomic mass is 16.7. The summed E-state index contributed by atoms with van der Waals surface area (Å²) in [7, 11) is 0. The zero-order valence-corrected chi connectivity index (χ0v) is 56.2. The van der Waals surface area contributed by atoms with Crippen LogP contribution in [-0.2, 0) is 23.7 Å². The van der Waals surface area contributed by atoms with Crippen LogP contribution < -0.4 is 5.32 Å². The number of rotatable bonds is 61.